The summed E-state index contributed by atoms with van der Waals surface area (Å²) in [5.41, 5.74) is -2.79. The molecule has 1 aromatic rings. The largest absolute Gasteiger partial charge is 0.489 e. The Morgan fingerprint density at radius 1 is 1.20 bits per heavy atom. The van der Waals surface area contributed by atoms with Crippen LogP contribution in [0.15, 0.2) is 18.2 Å². The molecule has 4 nitrogen and oxygen atoms in total. The van der Waals surface area contributed by atoms with Gasteiger partial charge in [0.1, 0.15) is 5.60 Å². The molecule has 0 saturated heterocycles. The highest BCUT2D eigenvalue weighted by Gasteiger charge is 2.33. The van der Waals surface area contributed by atoms with E-state index in [0.29, 0.717) is 12.1 Å². The smallest absolute Gasteiger partial charge is 0.456 e. The predicted molar refractivity (Wildman–Crippen MR) is 66.4 cm³/mol. The lowest BCUT2D eigenvalue weighted by Crippen LogP contribution is -2.37. The molecule has 2 N–H and O–H groups in total. The summed E-state index contributed by atoms with van der Waals surface area (Å²) in [5, 5.41) is 18.2. The van der Waals surface area contributed by atoms with Gasteiger partial charge in [0.2, 0.25) is 0 Å². The molecule has 20 heavy (non-hydrogen) atoms. The van der Waals surface area contributed by atoms with Crippen LogP contribution < -0.4 is 5.46 Å². The zero-order chi connectivity index (χ0) is 15.7. The van der Waals surface area contributed by atoms with Gasteiger partial charge in [0.25, 0.3) is 0 Å². The standard InChI is InChI=1S/C12H14BF3O4/c1-11(2,3)20-10(17)8-5-4-7(12(14,15)16)6-9(8)13(18)19/h4-6,18-19H,1-3H3. The zero-order valence-electron chi connectivity index (χ0n) is 11.2. The second-order valence-corrected chi connectivity index (χ2v) is 5.18. The van der Waals surface area contributed by atoms with Gasteiger partial charge in [-0.1, -0.05) is 0 Å². The Morgan fingerprint density at radius 3 is 2.15 bits per heavy atom. The molecule has 8 heteroatoms. The number of rotatable bonds is 2. The third-order valence-corrected chi connectivity index (χ3v) is 2.28. The maximum Gasteiger partial charge on any atom is 0.489 e. The summed E-state index contributed by atoms with van der Waals surface area (Å²) < 4.78 is 42.7. The number of benzene rings is 1. The van der Waals surface area contributed by atoms with Crippen molar-refractivity contribution in [2.75, 3.05) is 0 Å². The van der Waals surface area contributed by atoms with Crippen LogP contribution in [-0.4, -0.2) is 28.7 Å². The third-order valence-electron chi connectivity index (χ3n) is 2.28. The molecule has 0 radical (unpaired) electrons. The molecule has 1 rings (SSSR count). The van der Waals surface area contributed by atoms with Crippen molar-refractivity contribution in [2.45, 2.75) is 32.5 Å². The number of hydrogen-bond acceptors (Lipinski definition) is 4. The second kappa shape index (κ2) is 5.45. The first-order valence-corrected chi connectivity index (χ1v) is 5.72. The molecule has 1 aromatic carbocycles. The molecule has 0 heterocycles. The van der Waals surface area contributed by atoms with E-state index in [1.165, 1.54) is 0 Å². The first-order chi connectivity index (χ1) is 8.92. The molecule has 0 aliphatic carbocycles. The fourth-order valence-electron chi connectivity index (χ4n) is 1.47. The van der Waals surface area contributed by atoms with Gasteiger partial charge in [-0.3, -0.25) is 0 Å². The number of halogens is 3. The normalized spacial score (nSPS) is 12.2. The van der Waals surface area contributed by atoms with Crippen LogP contribution in [0, 0.1) is 0 Å². The molecule has 0 aliphatic rings. The number of carbonyl (C=O) groups excluding carboxylic acids is 1. The summed E-state index contributed by atoms with van der Waals surface area (Å²) in [5.74, 6) is -0.922. The molecule has 0 fully saturated rings. The molecule has 0 bridgehead atoms. The fraction of sp³-hybridized carbons (Fsp3) is 0.417. The Kier molecular flexibility index (Phi) is 4.50. The highest BCUT2D eigenvalue weighted by atomic mass is 19.4. The first-order valence-electron chi connectivity index (χ1n) is 5.72. The van der Waals surface area contributed by atoms with E-state index in [1.54, 1.807) is 20.8 Å². The fourth-order valence-corrected chi connectivity index (χ4v) is 1.47. The highest BCUT2D eigenvalue weighted by molar-refractivity contribution is 6.60. The molecule has 0 amide bonds. The minimum absolute atomic E-state index is 0.317. The van der Waals surface area contributed by atoms with Crippen molar-refractivity contribution in [3.8, 4) is 0 Å². The van der Waals surface area contributed by atoms with E-state index < -0.39 is 35.9 Å². The molecule has 0 aliphatic heterocycles. The van der Waals surface area contributed by atoms with Crippen LogP contribution >= 0.6 is 0 Å². The summed E-state index contributed by atoms with van der Waals surface area (Å²) in [6.45, 7) is 4.76. The maximum absolute atomic E-state index is 12.6. The predicted octanol–water partition coefficient (Wildman–Crippen LogP) is 1.34. The van der Waals surface area contributed by atoms with Crippen molar-refractivity contribution in [3.05, 3.63) is 29.3 Å². The Labute approximate surface area is 114 Å². The van der Waals surface area contributed by atoms with Gasteiger partial charge >= 0.3 is 19.3 Å². The van der Waals surface area contributed by atoms with Crippen molar-refractivity contribution in [3.63, 3.8) is 0 Å². The van der Waals surface area contributed by atoms with Gasteiger partial charge in [0.15, 0.2) is 0 Å². The van der Waals surface area contributed by atoms with Crippen molar-refractivity contribution in [2.24, 2.45) is 0 Å². The topological polar surface area (TPSA) is 66.8 Å². The average Bonchev–Trinajstić information content (AvgIpc) is 2.24. The summed E-state index contributed by atoms with van der Waals surface area (Å²) in [6.07, 6.45) is -4.64. The van der Waals surface area contributed by atoms with Crippen molar-refractivity contribution >= 4 is 18.6 Å². The van der Waals surface area contributed by atoms with Crippen LogP contribution in [0.2, 0.25) is 0 Å². The third kappa shape index (κ3) is 4.24. The van der Waals surface area contributed by atoms with Gasteiger partial charge < -0.3 is 14.8 Å². The maximum atomic E-state index is 12.6. The van der Waals surface area contributed by atoms with Gasteiger partial charge in [-0.05, 0) is 44.4 Å². The van der Waals surface area contributed by atoms with E-state index in [4.69, 9.17) is 14.8 Å². The van der Waals surface area contributed by atoms with E-state index in [0.717, 1.165) is 6.07 Å². The van der Waals surface area contributed by atoms with Crippen LogP contribution in [0.5, 0.6) is 0 Å². The molecular weight excluding hydrogens is 276 g/mol. The number of esters is 1. The average molecular weight is 290 g/mol. The van der Waals surface area contributed by atoms with Crippen LogP contribution in [0.1, 0.15) is 36.7 Å². The molecular formula is C12H14BF3O4. The molecule has 0 aromatic heterocycles. The minimum atomic E-state index is -4.64. The Bertz CT molecular complexity index is 506. The molecule has 110 valence electrons. The lowest BCUT2D eigenvalue weighted by Gasteiger charge is -2.21. The Balaban J connectivity index is 3.24. The highest BCUT2D eigenvalue weighted by Crippen LogP contribution is 2.29. The van der Waals surface area contributed by atoms with Gasteiger partial charge in [-0.2, -0.15) is 13.2 Å². The van der Waals surface area contributed by atoms with Gasteiger partial charge in [0.05, 0.1) is 11.1 Å². The number of hydrogen-bond donors (Lipinski definition) is 2. The number of carbonyl (C=O) groups is 1. The SMILES string of the molecule is CC(C)(C)OC(=O)c1ccc(C(F)(F)F)cc1B(O)O. The lowest BCUT2D eigenvalue weighted by atomic mass is 9.76. The van der Waals surface area contributed by atoms with E-state index in [2.05, 4.69) is 0 Å². The number of ether oxygens (including phenoxy) is 1. The summed E-state index contributed by atoms with van der Waals surface area (Å²) >= 11 is 0. The second-order valence-electron chi connectivity index (χ2n) is 5.18. The Hall–Kier alpha value is -1.54. The van der Waals surface area contributed by atoms with Crippen molar-refractivity contribution < 1.29 is 32.8 Å². The van der Waals surface area contributed by atoms with Gasteiger partial charge in [0, 0.05) is 0 Å². The van der Waals surface area contributed by atoms with E-state index >= 15 is 0 Å². The van der Waals surface area contributed by atoms with Gasteiger partial charge in [-0.25, -0.2) is 4.79 Å². The Morgan fingerprint density at radius 2 is 1.75 bits per heavy atom. The van der Waals surface area contributed by atoms with Crippen molar-refractivity contribution in [1.29, 1.82) is 0 Å². The van der Waals surface area contributed by atoms with E-state index in [9.17, 15) is 18.0 Å². The first kappa shape index (κ1) is 16.5. The number of alkyl halides is 3. The lowest BCUT2D eigenvalue weighted by molar-refractivity contribution is -0.137. The summed E-state index contributed by atoms with van der Waals surface area (Å²) in [6, 6.07) is 2.07. The van der Waals surface area contributed by atoms with Crippen LogP contribution in [-0.2, 0) is 10.9 Å². The van der Waals surface area contributed by atoms with Gasteiger partial charge in [-0.15, -0.1) is 0 Å². The molecule has 0 saturated carbocycles. The van der Waals surface area contributed by atoms with Crippen LogP contribution in [0.25, 0.3) is 0 Å². The molecule has 0 atom stereocenters. The van der Waals surface area contributed by atoms with Crippen LogP contribution in [0.3, 0.4) is 0 Å². The van der Waals surface area contributed by atoms with Crippen LogP contribution in [0.4, 0.5) is 13.2 Å². The zero-order valence-corrected chi connectivity index (χ0v) is 11.2. The molecule has 0 unspecified atom stereocenters. The summed E-state index contributed by atoms with van der Waals surface area (Å²) in [7, 11) is -2.21. The van der Waals surface area contributed by atoms with E-state index in [-0.39, 0.29) is 5.56 Å². The van der Waals surface area contributed by atoms with Crippen molar-refractivity contribution in [1.82, 2.24) is 0 Å². The minimum Gasteiger partial charge on any atom is -0.456 e. The molecule has 0 spiro atoms. The quantitative estimate of drug-likeness (QED) is 0.637. The van der Waals surface area contributed by atoms with E-state index in [1.807, 2.05) is 0 Å². The summed E-state index contributed by atoms with van der Waals surface area (Å²) in [4.78, 5) is 11.8. The monoisotopic (exact) mass is 290 g/mol.